The third-order valence-corrected chi connectivity index (χ3v) is 4.47. The zero-order valence-electron chi connectivity index (χ0n) is 15.7. The average molecular weight is 384 g/mol. The van der Waals surface area contributed by atoms with Crippen molar-refractivity contribution in [3.8, 4) is 0 Å². The Labute approximate surface area is 163 Å². The fraction of sp³-hybridized carbons (Fsp3) is 0.421. The number of hydrazone groups is 1. The molecule has 0 saturated carbocycles. The Kier molecular flexibility index (Phi) is 6.15. The summed E-state index contributed by atoms with van der Waals surface area (Å²) < 4.78 is 16.1. The van der Waals surface area contributed by atoms with Gasteiger partial charge in [-0.3, -0.25) is 5.43 Å². The number of allylic oxidation sites excluding steroid dienone is 1. The van der Waals surface area contributed by atoms with Crippen LogP contribution in [0.15, 0.2) is 40.1 Å². The molecule has 0 atom stereocenters. The maximum absolute atomic E-state index is 5.45. The lowest BCUT2D eigenvalue weighted by molar-refractivity contribution is 0.121. The van der Waals surface area contributed by atoms with E-state index in [-0.39, 0.29) is 0 Å². The van der Waals surface area contributed by atoms with Gasteiger partial charge in [-0.1, -0.05) is 0 Å². The molecule has 1 N–H and O–H groups in total. The molecule has 2 aromatic heterocycles. The number of nitrogens with zero attached hydrogens (tertiary/aromatic N) is 5. The van der Waals surface area contributed by atoms with Crippen LogP contribution in [0, 0.1) is 0 Å². The molecule has 9 heteroatoms. The Morgan fingerprint density at radius 3 is 2.46 bits per heavy atom. The molecule has 9 nitrogen and oxygen atoms in total. The predicted molar refractivity (Wildman–Crippen MR) is 108 cm³/mol. The number of nitrogens with one attached hydrogen (secondary N) is 1. The van der Waals surface area contributed by atoms with Crippen molar-refractivity contribution in [1.82, 2.24) is 9.97 Å². The number of morpholine rings is 2. The van der Waals surface area contributed by atoms with Gasteiger partial charge in [0.25, 0.3) is 0 Å². The van der Waals surface area contributed by atoms with Gasteiger partial charge in [-0.2, -0.15) is 15.1 Å². The van der Waals surface area contributed by atoms with Crippen LogP contribution < -0.4 is 15.2 Å². The molecule has 0 spiro atoms. The number of hydrogen-bond acceptors (Lipinski definition) is 9. The molecule has 0 aliphatic carbocycles. The Morgan fingerprint density at radius 2 is 1.75 bits per heavy atom. The highest BCUT2D eigenvalue weighted by atomic mass is 16.5. The number of furan rings is 1. The number of ether oxygens (including phenoxy) is 2. The number of aromatic nitrogens is 2. The maximum Gasteiger partial charge on any atom is 0.229 e. The van der Waals surface area contributed by atoms with Gasteiger partial charge in [0.05, 0.1) is 32.7 Å². The summed E-state index contributed by atoms with van der Waals surface area (Å²) in [6.45, 7) is 5.96. The molecule has 2 saturated heterocycles. The quantitative estimate of drug-likeness (QED) is 0.596. The van der Waals surface area contributed by atoms with Crippen LogP contribution in [-0.2, 0) is 9.47 Å². The first-order valence-electron chi connectivity index (χ1n) is 9.42. The van der Waals surface area contributed by atoms with Crippen LogP contribution in [0.2, 0.25) is 0 Å². The van der Waals surface area contributed by atoms with Gasteiger partial charge in [0.2, 0.25) is 5.95 Å². The summed E-state index contributed by atoms with van der Waals surface area (Å²) in [6.07, 6.45) is 6.94. The van der Waals surface area contributed by atoms with Crippen molar-refractivity contribution in [3.05, 3.63) is 36.3 Å². The molecule has 2 aliphatic rings. The van der Waals surface area contributed by atoms with Gasteiger partial charge in [0.15, 0.2) is 5.82 Å². The van der Waals surface area contributed by atoms with Crippen LogP contribution in [0.25, 0.3) is 6.08 Å². The minimum absolute atomic E-state index is 0.653. The number of anilines is 3. The van der Waals surface area contributed by atoms with Gasteiger partial charge in [-0.05, 0) is 24.3 Å². The fourth-order valence-electron chi connectivity index (χ4n) is 3.01. The van der Waals surface area contributed by atoms with Gasteiger partial charge < -0.3 is 23.7 Å². The minimum Gasteiger partial charge on any atom is -0.465 e. The average Bonchev–Trinajstić information content (AvgIpc) is 3.28. The second kappa shape index (κ2) is 9.34. The molecule has 2 fully saturated rings. The largest absolute Gasteiger partial charge is 0.465 e. The van der Waals surface area contributed by atoms with Crippen LogP contribution in [0.5, 0.6) is 0 Å². The number of rotatable bonds is 6. The van der Waals surface area contributed by atoms with Crippen LogP contribution in [0.3, 0.4) is 0 Å². The zero-order valence-corrected chi connectivity index (χ0v) is 15.7. The molecule has 0 bridgehead atoms. The second-order valence-corrected chi connectivity index (χ2v) is 6.37. The van der Waals surface area contributed by atoms with Crippen molar-refractivity contribution in [3.63, 3.8) is 0 Å². The molecule has 4 heterocycles. The molecule has 0 radical (unpaired) electrons. The Balaban J connectivity index is 1.49. The molecule has 2 aliphatic heterocycles. The van der Waals surface area contributed by atoms with Crippen molar-refractivity contribution < 1.29 is 13.9 Å². The van der Waals surface area contributed by atoms with E-state index >= 15 is 0 Å². The van der Waals surface area contributed by atoms with Crippen molar-refractivity contribution in [2.24, 2.45) is 5.10 Å². The van der Waals surface area contributed by atoms with Crippen molar-refractivity contribution in [1.29, 1.82) is 0 Å². The van der Waals surface area contributed by atoms with E-state index in [1.807, 2.05) is 24.3 Å². The fourth-order valence-corrected chi connectivity index (χ4v) is 3.01. The lowest BCUT2D eigenvalue weighted by Gasteiger charge is -2.31. The zero-order chi connectivity index (χ0) is 19.0. The summed E-state index contributed by atoms with van der Waals surface area (Å²) >= 11 is 0. The summed E-state index contributed by atoms with van der Waals surface area (Å²) in [7, 11) is 0. The molecule has 148 valence electrons. The van der Waals surface area contributed by atoms with E-state index in [4.69, 9.17) is 18.9 Å². The Bertz CT molecular complexity index is 760. The minimum atomic E-state index is 0.653. The topological polar surface area (TPSA) is 88.2 Å². The second-order valence-electron chi connectivity index (χ2n) is 6.37. The first-order chi connectivity index (χ1) is 13.9. The van der Waals surface area contributed by atoms with E-state index in [2.05, 4.69) is 25.3 Å². The maximum atomic E-state index is 5.45. The van der Waals surface area contributed by atoms with Crippen molar-refractivity contribution in [2.75, 3.05) is 67.8 Å². The van der Waals surface area contributed by atoms with E-state index in [0.717, 1.165) is 37.8 Å². The van der Waals surface area contributed by atoms with Crippen LogP contribution in [-0.4, -0.2) is 68.8 Å². The molecular weight excluding hydrogens is 360 g/mol. The lowest BCUT2D eigenvalue weighted by Crippen LogP contribution is -2.39. The smallest absolute Gasteiger partial charge is 0.229 e. The van der Waals surface area contributed by atoms with E-state index in [1.54, 1.807) is 18.6 Å². The molecule has 0 unspecified atom stereocenters. The third-order valence-electron chi connectivity index (χ3n) is 4.47. The molecule has 28 heavy (non-hydrogen) atoms. The van der Waals surface area contributed by atoms with E-state index in [1.165, 1.54) is 0 Å². The molecule has 0 aromatic carbocycles. The highest BCUT2D eigenvalue weighted by molar-refractivity contribution is 5.78. The SMILES string of the molecule is C(/C=C\c1ccco1)=NNc1cc(N2CCOCC2)nc(N2CCOCC2)n1. The monoisotopic (exact) mass is 384 g/mol. The lowest BCUT2D eigenvalue weighted by atomic mass is 10.4. The molecule has 4 rings (SSSR count). The third kappa shape index (κ3) is 4.87. The number of hydrogen-bond donors (Lipinski definition) is 1. The van der Waals surface area contributed by atoms with E-state index in [0.29, 0.717) is 38.2 Å². The van der Waals surface area contributed by atoms with Gasteiger partial charge in [-0.25, -0.2) is 0 Å². The van der Waals surface area contributed by atoms with Crippen LogP contribution in [0.4, 0.5) is 17.6 Å². The van der Waals surface area contributed by atoms with Gasteiger partial charge in [0.1, 0.15) is 11.6 Å². The summed E-state index contributed by atoms with van der Waals surface area (Å²) in [5.41, 5.74) is 3.00. The first kappa shape index (κ1) is 18.5. The Morgan fingerprint density at radius 1 is 1.00 bits per heavy atom. The first-order valence-corrected chi connectivity index (χ1v) is 9.42. The predicted octanol–water partition coefficient (Wildman–Crippen LogP) is 1.85. The standard InChI is InChI=1S/C19H24N6O3/c1(3-16-4-2-10-28-16)5-20-23-17-15-18(24-6-11-26-12-7-24)22-19(21-17)25-8-13-27-14-9-25/h1-5,10,15H,6-9,11-14H2,(H,21,22,23)/b3-1-,20-5?. The van der Waals surface area contributed by atoms with Crippen molar-refractivity contribution in [2.45, 2.75) is 0 Å². The molecular formula is C19H24N6O3. The van der Waals surface area contributed by atoms with Gasteiger partial charge in [-0.15, -0.1) is 0 Å². The summed E-state index contributed by atoms with van der Waals surface area (Å²) in [6, 6.07) is 5.64. The van der Waals surface area contributed by atoms with E-state index < -0.39 is 0 Å². The van der Waals surface area contributed by atoms with Gasteiger partial charge in [0, 0.05) is 38.5 Å². The summed E-state index contributed by atoms with van der Waals surface area (Å²) in [5.74, 6) is 3.00. The normalized spacial score (nSPS) is 18.3. The summed E-state index contributed by atoms with van der Waals surface area (Å²) in [4.78, 5) is 13.8. The van der Waals surface area contributed by atoms with Crippen LogP contribution >= 0.6 is 0 Å². The van der Waals surface area contributed by atoms with Crippen molar-refractivity contribution >= 4 is 29.9 Å². The van der Waals surface area contributed by atoms with E-state index in [9.17, 15) is 0 Å². The van der Waals surface area contributed by atoms with Gasteiger partial charge >= 0.3 is 0 Å². The Hall–Kier alpha value is -2.91. The highest BCUT2D eigenvalue weighted by Crippen LogP contribution is 2.22. The van der Waals surface area contributed by atoms with Crippen LogP contribution in [0.1, 0.15) is 5.76 Å². The molecule has 0 amide bonds. The molecule has 2 aromatic rings. The summed E-state index contributed by atoms with van der Waals surface area (Å²) in [5, 5.41) is 4.23. The highest BCUT2D eigenvalue weighted by Gasteiger charge is 2.19.